The second-order valence-electron chi connectivity index (χ2n) is 6.50. The summed E-state index contributed by atoms with van der Waals surface area (Å²) in [5, 5.41) is 8.61. The number of furan rings is 1. The second-order valence-corrected chi connectivity index (χ2v) is 6.50. The van der Waals surface area contributed by atoms with Crippen molar-refractivity contribution in [2.24, 2.45) is 7.05 Å². The van der Waals surface area contributed by atoms with Crippen molar-refractivity contribution in [2.75, 3.05) is 31.1 Å². The Bertz CT molecular complexity index is 910. The van der Waals surface area contributed by atoms with Crippen LogP contribution in [0.15, 0.2) is 58.1 Å². The number of nitrogens with zero attached hydrogens (tertiary/aromatic N) is 5. The van der Waals surface area contributed by atoms with Gasteiger partial charge in [-0.05, 0) is 35.9 Å². The number of rotatable bonds is 4. The number of pyridine rings is 1. The number of aryl methyl sites for hydroxylation is 1. The highest BCUT2D eigenvalue weighted by Gasteiger charge is 2.19. The van der Waals surface area contributed by atoms with Gasteiger partial charge in [-0.3, -0.25) is 9.69 Å². The molecule has 26 heavy (non-hydrogen) atoms. The first-order chi connectivity index (χ1) is 12.7. The van der Waals surface area contributed by atoms with Gasteiger partial charge in [-0.25, -0.2) is 0 Å². The third-order valence-electron chi connectivity index (χ3n) is 4.70. The molecular formula is C19H21N5O2. The molecule has 0 N–H and O–H groups in total. The van der Waals surface area contributed by atoms with Crippen molar-refractivity contribution >= 4 is 5.82 Å². The molecule has 0 atom stereocenters. The summed E-state index contributed by atoms with van der Waals surface area (Å²) in [5.41, 5.74) is 1.83. The van der Waals surface area contributed by atoms with Gasteiger partial charge in [-0.15, -0.1) is 10.2 Å². The monoisotopic (exact) mass is 351 g/mol. The molecule has 1 aliphatic rings. The van der Waals surface area contributed by atoms with E-state index in [-0.39, 0.29) is 5.56 Å². The molecule has 1 fully saturated rings. The minimum Gasteiger partial charge on any atom is -0.463 e. The van der Waals surface area contributed by atoms with Crippen molar-refractivity contribution < 1.29 is 4.42 Å². The lowest BCUT2D eigenvalue weighted by atomic mass is 10.2. The third kappa shape index (κ3) is 3.52. The van der Waals surface area contributed by atoms with Crippen LogP contribution in [0.25, 0.3) is 11.5 Å². The molecule has 0 bridgehead atoms. The lowest BCUT2D eigenvalue weighted by Gasteiger charge is -2.35. The van der Waals surface area contributed by atoms with E-state index < -0.39 is 0 Å². The first kappa shape index (κ1) is 16.5. The van der Waals surface area contributed by atoms with Gasteiger partial charge in [0.1, 0.15) is 5.69 Å². The fourth-order valence-electron chi connectivity index (χ4n) is 3.13. The van der Waals surface area contributed by atoms with Crippen molar-refractivity contribution in [1.82, 2.24) is 19.7 Å². The molecule has 0 saturated carbocycles. The van der Waals surface area contributed by atoms with E-state index in [9.17, 15) is 4.79 Å². The molecular weight excluding hydrogens is 330 g/mol. The second kappa shape index (κ2) is 7.13. The van der Waals surface area contributed by atoms with E-state index in [1.165, 1.54) is 0 Å². The zero-order valence-electron chi connectivity index (χ0n) is 14.7. The lowest BCUT2D eigenvalue weighted by molar-refractivity contribution is 0.249. The van der Waals surface area contributed by atoms with Crippen LogP contribution in [0, 0.1) is 0 Å². The van der Waals surface area contributed by atoms with Gasteiger partial charge < -0.3 is 13.9 Å². The van der Waals surface area contributed by atoms with Gasteiger partial charge >= 0.3 is 0 Å². The number of anilines is 1. The SMILES string of the molecule is Cn1ccc(CN2CCN(c3ccc(-c4ccco4)nn3)CC2)cc1=O. The Labute approximate surface area is 151 Å². The van der Waals surface area contributed by atoms with Gasteiger partial charge in [0.2, 0.25) is 0 Å². The van der Waals surface area contributed by atoms with E-state index in [0.717, 1.165) is 55.6 Å². The molecule has 0 aliphatic carbocycles. The van der Waals surface area contributed by atoms with Crippen LogP contribution in [0.3, 0.4) is 0 Å². The summed E-state index contributed by atoms with van der Waals surface area (Å²) in [6, 6.07) is 11.4. The Morgan fingerprint density at radius 3 is 2.58 bits per heavy atom. The topological polar surface area (TPSA) is 67.4 Å². The molecule has 0 radical (unpaired) electrons. The molecule has 3 aromatic heterocycles. The Morgan fingerprint density at radius 2 is 1.92 bits per heavy atom. The van der Waals surface area contributed by atoms with Crippen LogP contribution >= 0.6 is 0 Å². The van der Waals surface area contributed by atoms with E-state index >= 15 is 0 Å². The van der Waals surface area contributed by atoms with Gasteiger partial charge in [-0.2, -0.15) is 0 Å². The fourth-order valence-corrected chi connectivity index (χ4v) is 3.13. The number of aromatic nitrogens is 3. The molecule has 4 rings (SSSR count). The lowest BCUT2D eigenvalue weighted by Crippen LogP contribution is -2.46. The number of hydrogen-bond acceptors (Lipinski definition) is 6. The predicted molar refractivity (Wildman–Crippen MR) is 98.9 cm³/mol. The van der Waals surface area contributed by atoms with Gasteiger partial charge in [-0.1, -0.05) is 0 Å². The van der Waals surface area contributed by atoms with Crippen LogP contribution in [0.2, 0.25) is 0 Å². The molecule has 1 aliphatic heterocycles. The van der Waals surface area contributed by atoms with E-state index in [2.05, 4.69) is 20.0 Å². The Hall–Kier alpha value is -2.93. The summed E-state index contributed by atoms with van der Waals surface area (Å²) in [7, 11) is 1.77. The summed E-state index contributed by atoms with van der Waals surface area (Å²) >= 11 is 0. The van der Waals surface area contributed by atoms with E-state index in [1.807, 2.05) is 36.5 Å². The Kier molecular flexibility index (Phi) is 4.53. The molecule has 7 nitrogen and oxygen atoms in total. The molecule has 1 saturated heterocycles. The zero-order chi connectivity index (χ0) is 17.9. The minimum atomic E-state index is 0.0352. The first-order valence-corrected chi connectivity index (χ1v) is 8.69. The smallest absolute Gasteiger partial charge is 0.250 e. The van der Waals surface area contributed by atoms with Crippen LogP contribution in [0.4, 0.5) is 5.82 Å². The molecule has 134 valence electrons. The highest BCUT2D eigenvalue weighted by Crippen LogP contribution is 2.19. The maximum atomic E-state index is 11.7. The maximum Gasteiger partial charge on any atom is 0.250 e. The van der Waals surface area contributed by atoms with E-state index in [0.29, 0.717) is 0 Å². The summed E-state index contributed by atoms with van der Waals surface area (Å²) in [5.74, 6) is 1.61. The van der Waals surface area contributed by atoms with Crippen LogP contribution in [-0.4, -0.2) is 45.8 Å². The largest absolute Gasteiger partial charge is 0.463 e. The standard InChI is InChI=1S/C19H21N5O2/c1-22-7-6-15(13-19(22)25)14-23-8-10-24(11-9-23)18-5-4-16(20-21-18)17-3-2-12-26-17/h2-7,12-13H,8-11,14H2,1H3. The Morgan fingerprint density at radius 1 is 1.08 bits per heavy atom. The molecule has 0 amide bonds. The van der Waals surface area contributed by atoms with Gasteiger partial charge in [0.05, 0.1) is 6.26 Å². The molecule has 4 heterocycles. The van der Waals surface area contributed by atoms with Crippen LogP contribution in [0.5, 0.6) is 0 Å². The van der Waals surface area contributed by atoms with Crippen LogP contribution in [0.1, 0.15) is 5.56 Å². The maximum absolute atomic E-state index is 11.7. The Balaban J connectivity index is 1.36. The van der Waals surface area contributed by atoms with Crippen molar-refractivity contribution in [3.05, 3.63) is 64.8 Å². The van der Waals surface area contributed by atoms with Crippen molar-refractivity contribution in [3.63, 3.8) is 0 Å². The minimum absolute atomic E-state index is 0.0352. The average Bonchev–Trinajstić information content (AvgIpc) is 3.20. The number of hydrogen-bond donors (Lipinski definition) is 0. The summed E-state index contributed by atoms with van der Waals surface area (Å²) in [6.45, 7) is 4.43. The van der Waals surface area contributed by atoms with Crippen LogP contribution in [-0.2, 0) is 13.6 Å². The fraction of sp³-hybridized carbons (Fsp3) is 0.316. The first-order valence-electron chi connectivity index (χ1n) is 8.69. The van der Waals surface area contributed by atoms with Gasteiger partial charge in [0.25, 0.3) is 5.56 Å². The molecule has 7 heteroatoms. The molecule has 0 spiro atoms. The van der Waals surface area contributed by atoms with Gasteiger partial charge in [0, 0.05) is 52.0 Å². The highest BCUT2D eigenvalue weighted by atomic mass is 16.3. The summed E-state index contributed by atoms with van der Waals surface area (Å²) in [4.78, 5) is 16.3. The van der Waals surface area contributed by atoms with Crippen molar-refractivity contribution in [3.8, 4) is 11.5 Å². The van der Waals surface area contributed by atoms with E-state index in [4.69, 9.17) is 4.42 Å². The zero-order valence-corrected chi connectivity index (χ0v) is 14.7. The normalized spacial score (nSPS) is 15.3. The quantitative estimate of drug-likeness (QED) is 0.713. The predicted octanol–water partition coefficient (Wildman–Crippen LogP) is 1.76. The van der Waals surface area contributed by atoms with Crippen molar-refractivity contribution in [2.45, 2.75) is 6.54 Å². The average molecular weight is 351 g/mol. The van der Waals surface area contributed by atoms with Gasteiger partial charge in [0.15, 0.2) is 11.6 Å². The molecule has 0 aromatic carbocycles. The molecule has 0 unspecified atom stereocenters. The van der Waals surface area contributed by atoms with Crippen LogP contribution < -0.4 is 10.5 Å². The highest BCUT2D eigenvalue weighted by molar-refractivity contribution is 5.53. The molecule has 3 aromatic rings. The van der Waals surface area contributed by atoms with E-state index in [1.54, 1.807) is 23.9 Å². The number of piperazine rings is 1. The van der Waals surface area contributed by atoms with Crippen molar-refractivity contribution in [1.29, 1.82) is 0 Å². The summed E-state index contributed by atoms with van der Waals surface area (Å²) < 4.78 is 6.93. The summed E-state index contributed by atoms with van der Waals surface area (Å²) in [6.07, 6.45) is 3.46. The third-order valence-corrected chi connectivity index (χ3v) is 4.70.